The van der Waals surface area contributed by atoms with Crippen LogP contribution >= 0.6 is 0 Å². The van der Waals surface area contributed by atoms with Gasteiger partial charge < -0.3 is 14.2 Å². The number of aryl methyl sites for hydroxylation is 1. The maximum atomic E-state index is 13.4. The molecule has 0 fully saturated rings. The van der Waals surface area contributed by atoms with Crippen LogP contribution in [0.2, 0.25) is 0 Å². The Morgan fingerprint density at radius 2 is 1.97 bits per heavy atom. The first kappa shape index (κ1) is 21.2. The molecule has 0 amide bonds. The number of anilines is 2. The standard InChI is InChI=1S/C23H31N5O3/c1-5-6-7-8-12-26-21(29)19-20(25(3)23(26)30)24-22-27(14-16(2)15-28(19)22)17-10-9-11-18(13-17)31-4/h9-11,13,16H,5-8,12,14-15H2,1-4H3/t16-/m0/s1. The Hall–Kier alpha value is -3.03. The molecular weight excluding hydrogens is 394 g/mol. The number of imidazole rings is 1. The van der Waals surface area contributed by atoms with E-state index in [1.165, 1.54) is 9.13 Å². The van der Waals surface area contributed by atoms with Crippen molar-refractivity contribution in [2.75, 3.05) is 18.6 Å². The van der Waals surface area contributed by atoms with E-state index in [1.54, 1.807) is 14.2 Å². The molecule has 8 heteroatoms. The number of methoxy groups -OCH3 is 1. The Labute approximate surface area is 181 Å². The maximum Gasteiger partial charge on any atom is 0.332 e. The molecule has 8 nitrogen and oxygen atoms in total. The normalized spacial score (nSPS) is 16.0. The number of aromatic nitrogens is 4. The molecule has 1 aromatic carbocycles. The van der Waals surface area contributed by atoms with Gasteiger partial charge in [-0.05, 0) is 24.5 Å². The average molecular weight is 426 g/mol. The number of unbranched alkanes of at least 4 members (excludes halogenated alkanes) is 3. The van der Waals surface area contributed by atoms with Crippen LogP contribution in [0.1, 0.15) is 39.5 Å². The lowest BCUT2D eigenvalue weighted by Crippen LogP contribution is -2.40. The number of benzene rings is 1. The molecular formula is C23H31N5O3. The Morgan fingerprint density at radius 1 is 1.16 bits per heavy atom. The van der Waals surface area contributed by atoms with E-state index in [-0.39, 0.29) is 11.2 Å². The Kier molecular flexibility index (Phi) is 5.89. The molecule has 166 valence electrons. The van der Waals surface area contributed by atoms with Crippen molar-refractivity contribution in [2.24, 2.45) is 13.0 Å². The predicted octanol–water partition coefficient (Wildman–Crippen LogP) is 3.27. The molecule has 0 N–H and O–H groups in total. The highest BCUT2D eigenvalue weighted by Gasteiger charge is 2.29. The fraction of sp³-hybridized carbons (Fsp3) is 0.522. The summed E-state index contributed by atoms with van der Waals surface area (Å²) >= 11 is 0. The molecule has 0 radical (unpaired) electrons. The molecule has 0 spiro atoms. The molecule has 0 saturated heterocycles. The van der Waals surface area contributed by atoms with Crippen LogP contribution in [0.3, 0.4) is 0 Å². The summed E-state index contributed by atoms with van der Waals surface area (Å²) in [5, 5.41) is 0. The molecule has 1 aliphatic heterocycles. The van der Waals surface area contributed by atoms with Crippen molar-refractivity contribution in [3.8, 4) is 5.75 Å². The Morgan fingerprint density at radius 3 is 2.71 bits per heavy atom. The van der Waals surface area contributed by atoms with Crippen molar-refractivity contribution in [1.82, 2.24) is 18.7 Å². The lowest BCUT2D eigenvalue weighted by Gasteiger charge is -2.33. The van der Waals surface area contributed by atoms with Gasteiger partial charge in [-0.15, -0.1) is 0 Å². The van der Waals surface area contributed by atoms with Gasteiger partial charge in [0.2, 0.25) is 5.95 Å². The van der Waals surface area contributed by atoms with Crippen LogP contribution in [0.4, 0.5) is 11.6 Å². The largest absolute Gasteiger partial charge is 0.497 e. The monoisotopic (exact) mass is 425 g/mol. The van der Waals surface area contributed by atoms with Crippen LogP contribution in [0.25, 0.3) is 11.2 Å². The van der Waals surface area contributed by atoms with Gasteiger partial charge in [-0.2, -0.15) is 4.98 Å². The van der Waals surface area contributed by atoms with Crippen LogP contribution in [0, 0.1) is 5.92 Å². The number of hydrogen-bond acceptors (Lipinski definition) is 5. The van der Waals surface area contributed by atoms with Gasteiger partial charge in [0, 0.05) is 38.4 Å². The first-order valence-electron chi connectivity index (χ1n) is 11.1. The second kappa shape index (κ2) is 8.61. The highest BCUT2D eigenvalue weighted by Crippen LogP contribution is 2.34. The summed E-state index contributed by atoms with van der Waals surface area (Å²) in [6.07, 6.45) is 4.05. The van der Waals surface area contributed by atoms with E-state index < -0.39 is 0 Å². The first-order valence-corrected chi connectivity index (χ1v) is 11.1. The van der Waals surface area contributed by atoms with Crippen molar-refractivity contribution in [3.63, 3.8) is 0 Å². The van der Waals surface area contributed by atoms with E-state index in [0.29, 0.717) is 36.1 Å². The van der Waals surface area contributed by atoms with Crippen molar-refractivity contribution < 1.29 is 4.74 Å². The number of hydrogen-bond donors (Lipinski definition) is 0. The van der Waals surface area contributed by atoms with Crippen LogP contribution in [0.15, 0.2) is 33.9 Å². The number of ether oxygens (including phenoxy) is 1. The van der Waals surface area contributed by atoms with E-state index in [2.05, 4.69) is 18.7 Å². The lowest BCUT2D eigenvalue weighted by molar-refractivity contribution is 0.414. The van der Waals surface area contributed by atoms with Crippen molar-refractivity contribution in [3.05, 3.63) is 45.1 Å². The minimum atomic E-state index is -0.301. The third kappa shape index (κ3) is 3.75. The van der Waals surface area contributed by atoms with E-state index in [4.69, 9.17) is 9.72 Å². The molecule has 2 aromatic heterocycles. The molecule has 0 bridgehead atoms. The smallest absolute Gasteiger partial charge is 0.332 e. The van der Waals surface area contributed by atoms with Crippen LogP contribution in [0.5, 0.6) is 5.75 Å². The molecule has 3 heterocycles. The van der Waals surface area contributed by atoms with Gasteiger partial charge in [0.25, 0.3) is 5.56 Å². The average Bonchev–Trinajstić information content (AvgIpc) is 3.16. The second-order valence-corrected chi connectivity index (χ2v) is 8.47. The van der Waals surface area contributed by atoms with E-state index in [1.807, 2.05) is 28.8 Å². The minimum absolute atomic E-state index is 0.243. The van der Waals surface area contributed by atoms with Gasteiger partial charge in [0.05, 0.1) is 7.11 Å². The fourth-order valence-corrected chi connectivity index (χ4v) is 4.39. The van der Waals surface area contributed by atoms with Crippen LogP contribution in [-0.2, 0) is 20.1 Å². The SMILES string of the molecule is CCCCCCn1c(=O)c2c(nc3n2C[C@@H](C)CN3c2cccc(OC)c2)n(C)c1=O. The summed E-state index contributed by atoms with van der Waals surface area (Å²) in [6.45, 7) is 6.21. The van der Waals surface area contributed by atoms with Gasteiger partial charge in [0.15, 0.2) is 11.2 Å². The second-order valence-electron chi connectivity index (χ2n) is 8.47. The quantitative estimate of drug-likeness (QED) is 0.543. The minimum Gasteiger partial charge on any atom is -0.497 e. The third-order valence-electron chi connectivity index (χ3n) is 6.04. The highest BCUT2D eigenvalue weighted by atomic mass is 16.5. The summed E-state index contributed by atoms with van der Waals surface area (Å²) in [6, 6.07) is 7.82. The van der Waals surface area contributed by atoms with Gasteiger partial charge in [-0.25, -0.2) is 4.79 Å². The van der Waals surface area contributed by atoms with Gasteiger partial charge in [-0.1, -0.05) is 39.2 Å². The summed E-state index contributed by atoms with van der Waals surface area (Å²) in [5.74, 6) is 1.77. The number of fused-ring (bicyclic) bond motifs is 3. The van der Waals surface area contributed by atoms with Gasteiger partial charge in [-0.3, -0.25) is 13.9 Å². The van der Waals surface area contributed by atoms with Gasteiger partial charge in [0.1, 0.15) is 5.75 Å². The maximum absolute atomic E-state index is 13.4. The predicted molar refractivity (Wildman–Crippen MR) is 123 cm³/mol. The first-order chi connectivity index (χ1) is 15.0. The molecule has 4 rings (SSSR count). The third-order valence-corrected chi connectivity index (χ3v) is 6.04. The van der Waals surface area contributed by atoms with E-state index in [0.717, 1.165) is 43.7 Å². The zero-order chi connectivity index (χ0) is 22.1. The molecule has 0 aliphatic carbocycles. The molecule has 0 unspecified atom stereocenters. The van der Waals surface area contributed by atoms with Crippen molar-refractivity contribution >= 4 is 22.8 Å². The Balaban J connectivity index is 1.86. The topological polar surface area (TPSA) is 74.3 Å². The molecule has 1 atom stereocenters. The summed E-state index contributed by atoms with van der Waals surface area (Å²) < 4.78 is 10.3. The molecule has 31 heavy (non-hydrogen) atoms. The van der Waals surface area contributed by atoms with Crippen LogP contribution < -0.4 is 20.9 Å². The lowest BCUT2D eigenvalue weighted by atomic mass is 10.1. The fourth-order valence-electron chi connectivity index (χ4n) is 4.39. The van der Waals surface area contributed by atoms with E-state index in [9.17, 15) is 9.59 Å². The zero-order valence-corrected chi connectivity index (χ0v) is 18.8. The van der Waals surface area contributed by atoms with Gasteiger partial charge >= 0.3 is 5.69 Å². The summed E-state index contributed by atoms with van der Waals surface area (Å²) in [7, 11) is 3.34. The number of rotatable bonds is 7. The number of nitrogens with zero attached hydrogens (tertiary/aromatic N) is 5. The summed E-state index contributed by atoms with van der Waals surface area (Å²) in [5.41, 5.74) is 1.36. The highest BCUT2D eigenvalue weighted by molar-refractivity contribution is 5.77. The van der Waals surface area contributed by atoms with Crippen molar-refractivity contribution in [1.29, 1.82) is 0 Å². The van der Waals surface area contributed by atoms with Crippen LogP contribution in [-0.4, -0.2) is 32.3 Å². The summed E-state index contributed by atoms with van der Waals surface area (Å²) in [4.78, 5) is 33.2. The molecule has 0 saturated carbocycles. The molecule has 1 aliphatic rings. The molecule has 3 aromatic rings. The zero-order valence-electron chi connectivity index (χ0n) is 18.8. The van der Waals surface area contributed by atoms with Crippen molar-refractivity contribution in [2.45, 2.75) is 52.6 Å². The Bertz CT molecular complexity index is 1210. The van der Waals surface area contributed by atoms with E-state index >= 15 is 0 Å².